The van der Waals surface area contributed by atoms with Crippen LogP contribution in [0.4, 0.5) is 0 Å². The van der Waals surface area contributed by atoms with E-state index >= 15 is 0 Å². The van der Waals surface area contributed by atoms with Crippen LogP contribution in [0.3, 0.4) is 0 Å². The lowest BCUT2D eigenvalue weighted by molar-refractivity contribution is 0.0774. The maximum absolute atomic E-state index is 12.4. The first-order valence-corrected chi connectivity index (χ1v) is 8.87. The Balaban J connectivity index is 2.08. The molecule has 1 aromatic heterocycles. The standard InChI is InChI=1S/C12H20N2O3S2/c1-2-13-8-11-12(5-7-18-11)19(15,16)14-10-4-3-6-17-9-10/h5,7,10,13-14H,2-4,6,8-9H2,1H3. The molecule has 2 N–H and O–H groups in total. The molecule has 1 aliphatic heterocycles. The van der Waals surface area contributed by atoms with E-state index in [-0.39, 0.29) is 6.04 Å². The molecule has 1 unspecified atom stereocenters. The number of hydrogen-bond acceptors (Lipinski definition) is 5. The van der Waals surface area contributed by atoms with E-state index in [4.69, 9.17) is 4.74 Å². The summed E-state index contributed by atoms with van der Waals surface area (Å²) in [6.45, 7) is 4.60. The largest absolute Gasteiger partial charge is 0.380 e. The monoisotopic (exact) mass is 304 g/mol. The normalized spacial score (nSPS) is 20.6. The van der Waals surface area contributed by atoms with Gasteiger partial charge in [-0.25, -0.2) is 13.1 Å². The second-order valence-electron chi connectivity index (χ2n) is 4.52. The van der Waals surface area contributed by atoms with Crippen LogP contribution in [0.25, 0.3) is 0 Å². The van der Waals surface area contributed by atoms with Gasteiger partial charge in [-0.2, -0.15) is 0 Å². The summed E-state index contributed by atoms with van der Waals surface area (Å²) in [7, 11) is -3.44. The molecule has 7 heteroatoms. The molecular formula is C12H20N2O3S2. The van der Waals surface area contributed by atoms with E-state index in [2.05, 4.69) is 10.0 Å². The van der Waals surface area contributed by atoms with Crippen LogP contribution in [0.2, 0.25) is 0 Å². The van der Waals surface area contributed by atoms with Crippen LogP contribution in [0.15, 0.2) is 16.3 Å². The molecule has 0 bridgehead atoms. The highest BCUT2D eigenvalue weighted by atomic mass is 32.2. The van der Waals surface area contributed by atoms with Crippen molar-refractivity contribution in [3.8, 4) is 0 Å². The summed E-state index contributed by atoms with van der Waals surface area (Å²) < 4.78 is 32.8. The minimum atomic E-state index is -3.44. The third kappa shape index (κ3) is 4.00. The molecule has 0 saturated carbocycles. The number of ether oxygens (including phenoxy) is 1. The van der Waals surface area contributed by atoms with Gasteiger partial charge in [0.15, 0.2) is 0 Å². The molecule has 0 aromatic carbocycles. The van der Waals surface area contributed by atoms with Crippen molar-refractivity contribution in [1.29, 1.82) is 0 Å². The van der Waals surface area contributed by atoms with Gasteiger partial charge in [-0.15, -0.1) is 11.3 Å². The third-order valence-electron chi connectivity index (χ3n) is 3.01. The van der Waals surface area contributed by atoms with Crippen molar-refractivity contribution in [1.82, 2.24) is 10.0 Å². The van der Waals surface area contributed by atoms with Crippen LogP contribution in [0, 0.1) is 0 Å². The summed E-state index contributed by atoms with van der Waals surface area (Å²) in [5, 5.41) is 4.98. The molecule has 108 valence electrons. The summed E-state index contributed by atoms with van der Waals surface area (Å²) in [6, 6.07) is 1.56. The van der Waals surface area contributed by atoms with E-state index in [9.17, 15) is 8.42 Å². The Kier molecular flexibility index (Phi) is 5.35. The first kappa shape index (κ1) is 14.9. The van der Waals surface area contributed by atoms with Crippen molar-refractivity contribution in [2.75, 3.05) is 19.8 Å². The second kappa shape index (κ2) is 6.81. The summed E-state index contributed by atoms with van der Waals surface area (Å²) in [6.07, 6.45) is 1.74. The fourth-order valence-corrected chi connectivity index (χ4v) is 4.72. The maximum atomic E-state index is 12.4. The SMILES string of the molecule is CCNCc1sccc1S(=O)(=O)NC1CCCOC1. The molecule has 0 aliphatic carbocycles. The second-order valence-corrected chi connectivity index (χ2v) is 7.21. The quantitative estimate of drug-likeness (QED) is 0.832. The highest BCUT2D eigenvalue weighted by Crippen LogP contribution is 2.22. The van der Waals surface area contributed by atoms with Gasteiger partial charge < -0.3 is 10.1 Å². The van der Waals surface area contributed by atoms with Gasteiger partial charge in [0.05, 0.1) is 11.5 Å². The zero-order chi connectivity index (χ0) is 13.7. The molecule has 0 amide bonds. The van der Waals surface area contributed by atoms with Gasteiger partial charge in [0.2, 0.25) is 10.0 Å². The van der Waals surface area contributed by atoms with Crippen LogP contribution >= 0.6 is 11.3 Å². The van der Waals surface area contributed by atoms with E-state index in [1.807, 2.05) is 12.3 Å². The Labute approximate surface area is 118 Å². The molecule has 1 aliphatic rings. The molecular weight excluding hydrogens is 284 g/mol. The predicted octanol–water partition coefficient (Wildman–Crippen LogP) is 1.31. The Bertz CT molecular complexity index is 493. The number of nitrogens with one attached hydrogen (secondary N) is 2. The molecule has 2 rings (SSSR count). The van der Waals surface area contributed by atoms with Crippen LogP contribution < -0.4 is 10.0 Å². The van der Waals surface area contributed by atoms with Crippen LogP contribution in [-0.4, -0.2) is 34.2 Å². The topological polar surface area (TPSA) is 67.4 Å². The molecule has 2 heterocycles. The summed E-state index contributed by atoms with van der Waals surface area (Å²) >= 11 is 1.47. The molecule has 1 fully saturated rings. The molecule has 1 saturated heterocycles. The van der Waals surface area contributed by atoms with E-state index in [1.54, 1.807) is 6.07 Å². The van der Waals surface area contributed by atoms with Crippen molar-refractivity contribution >= 4 is 21.4 Å². The van der Waals surface area contributed by atoms with E-state index in [1.165, 1.54) is 11.3 Å². The van der Waals surface area contributed by atoms with E-state index in [0.29, 0.717) is 18.0 Å². The van der Waals surface area contributed by atoms with Gasteiger partial charge >= 0.3 is 0 Å². The fraction of sp³-hybridized carbons (Fsp3) is 0.667. The van der Waals surface area contributed by atoms with Gasteiger partial charge in [-0.3, -0.25) is 0 Å². The van der Waals surface area contributed by atoms with Crippen molar-refractivity contribution < 1.29 is 13.2 Å². The highest BCUT2D eigenvalue weighted by Gasteiger charge is 2.24. The van der Waals surface area contributed by atoms with Gasteiger partial charge in [-0.1, -0.05) is 6.92 Å². The summed E-state index contributed by atoms with van der Waals surface area (Å²) in [4.78, 5) is 1.25. The fourth-order valence-electron chi connectivity index (χ4n) is 2.05. The van der Waals surface area contributed by atoms with Gasteiger partial charge in [0, 0.05) is 24.1 Å². The lowest BCUT2D eigenvalue weighted by Gasteiger charge is -2.23. The van der Waals surface area contributed by atoms with Crippen molar-refractivity contribution in [3.05, 3.63) is 16.3 Å². The van der Waals surface area contributed by atoms with Crippen molar-refractivity contribution in [2.45, 2.75) is 37.2 Å². The Morgan fingerprint density at radius 1 is 1.53 bits per heavy atom. The number of thiophene rings is 1. The van der Waals surface area contributed by atoms with Crippen molar-refractivity contribution in [3.63, 3.8) is 0 Å². The van der Waals surface area contributed by atoms with Crippen LogP contribution in [0.5, 0.6) is 0 Å². The smallest absolute Gasteiger partial charge is 0.242 e. The van der Waals surface area contributed by atoms with Gasteiger partial charge in [0.25, 0.3) is 0 Å². The Morgan fingerprint density at radius 2 is 2.37 bits per heavy atom. The summed E-state index contributed by atoms with van der Waals surface area (Å²) in [5.74, 6) is 0. The average molecular weight is 304 g/mol. The average Bonchev–Trinajstić information content (AvgIpc) is 2.86. The minimum absolute atomic E-state index is 0.106. The third-order valence-corrected chi connectivity index (χ3v) is 5.67. The number of rotatable bonds is 6. The molecule has 1 aromatic rings. The number of hydrogen-bond donors (Lipinski definition) is 2. The van der Waals surface area contributed by atoms with Crippen LogP contribution in [-0.2, 0) is 21.3 Å². The minimum Gasteiger partial charge on any atom is -0.380 e. The van der Waals surface area contributed by atoms with Crippen molar-refractivity contribution in [2.24, 2.45) is 0 Å². The lowest BCUT2D eigenvalue weighted by Crippen LogP contribution is -2.40. The van der Waals surface area contributed by atoms with E-state index in [0.717, 1.165) is 30.9 Å². The summed E-state index contributed by atoms with van der Waals surface area (Å²) in [5.41, 5.74) is 0. The highest BCUT2D eigenvalue weighted by molar-refractivity contribution is 7.89. The Morgan fingerprint density at radius 3 is 3.05 bits per heavy atom. The zero-order valence-corrected chi connectivity index (χ0v) is 12.6. The van der Waals surface area contributed by atoms with Gasteiger partial charge in [0.1, 0.15) is 0 Å². The molecule has 19 heavy (non-hydrogen) atoms. The van der Waals surface area contributed by atoms with Crippen LogP contribution in [0.1, 0.15) is 24.6 Å². The predicted molar refractivity (Wildman–Crippen MR) is 75.9 cm³/mol. The van der Waals surface area contributed by atoms with E-state index < -0.39 is 10.0 Å². The number of sulfonamides is 1. The zero-order valence-electron chi connectivity index (χ0n) is 11.0. The first-order valence-electron chi connectivity index (χ1n) is 6.50. The molecule has 0 spiro atoms. The first-order chi connectivity index (χ1) is 9.13. The Hall–Kier alpha value is -0.470. The molecule has 1 atom stereocenters. The lowest BCUT2D eigenvalue weighted by atomic mass is 10.1. The maximum Gasteiger partial charge on any atom is 0.242 e. The molecule has 5 nitrogen and oxygen atoms in total. The van der Waals surface area contributed by atoms with Gasteiger partial charge in [-0.05, 0) is 30.8 Å². The molecule has 0 radical (unpaired) electrons.